The van der Waals surface area contributed by atoms with Crippen LogP contribution in [-0.2, 0) is 14.9 Å². The summed E-state index contributed by atoms with van der Waals surface area (Å²) in [4.78, 5) is 11.1. The van der Waals surface area contributed by atoms with Gasteiger partial charge in [0.2, 0.25) is 5.91 Å². The van der Waals surface area contributed by atoms with Crippen LogP contribution in [0.5, 0.6) is 5.75 Å². The van der Waals surface area contributed by atoms with E-state index < -0.39 is 22.1 Å². The lowest BCUT2D eigenvalue weighted by molar-refractivity contribution is -0.117. The van der Waals surface area contributed by atoms with Crippen LogP contribution in [0.2, 0.25) is 0 Å². The van der Waals surface area contributed by atoms with Gasteiger partial charge >= 0.3 is 0 Å². The van der Waals surface area contributed by atoms with Crippen molar-refractivity contribution < 1.29 is 22.5 Å². The van der Waals surface area contributed by atoms with Gasteiger partial charge in [0.05, 0.1) is 23.7 Å². The molecule has 0 radical (unpaired) electrons. The Hall–Kier alpha value is -1.64. The highest BCUT2D eigenvalue weighted by molar-refractivity contribution is 7.85. The van der Waals surface area contributed by atoms with E-state index in [0.29, 0.717) is 0 Å². The van der Waals surface area contributed by atoms with Gasteiger partial charge in [0.1, 0.15) is 5.75 Å². The van der Waals surface area contributed by atoms with E-state index in [0.717, 1.165) is 12.1 Å². The van der Waals surface area contributed by atoms with Crippen LogP contribution in [0.1, 0.15) is 6.92 Å². The van der Waals surface area contributed by atoms with Gasteiger partial charge in [0, 0.05) is 0 Å². The van der Waals surface area contributed by atoms with Crippen LogP contribution in [0.3, 0.4) is 0 Å². The van der Waals surface area contributed by atoms with Crippen molar-refractivity contribution in [2.45, 2.75) is 17.9 Å². The Labute approximate surface area is 105 Å². The molecule has 1 atom stereocenters. The molecule has 1 amide bonds. The van der Waals surface area contributed by atoms with Gasteiger partial charge in [-0.1, -0.05) is 0 Å². The number of anilines is 1. The van der Waals surface area contributed by atoms with E-state index >= 15 is 0 Å². The first-order chi connectivity index (χ1) is 8.25. The fourth-order valence-corrected chi connectivity index (χ4v) is 1.70. The number of rotatable bonds is 4. The van der Waals surface area contributed by atoms with Crippen LogP contribution in [0, 0.1) is 0 Å². The van der Waals surface area contributed by atoms with Crippen LogP contribution in [0.4, 0.5) is 5.69 Å². The summed E-state index contributed by atoms with van der Waals surface area (Å²) in [5.74, 6) is -0.239. The van der Waals surface area contributed by atoms with Crippen molar-refractivity contribution in [1.82, 2.24) is 0 Å². The lowest BCUT2D eigenvalue weighted by Crippen LogP contribution is -2.32. The molecule has 0 fully saturated rings. The Morgan fingerprint density at radius 1 is 1.50 bits per heavy atom. The molecule has 0 spiro atoms. The number of hydrogen-bond acceptors (Lipinski definition) is 5. The van der Waals surface area contributed by atoms with E-state index in [4.69, 9.17) is 15.0 Å². The van der Waals surface area contributed by atoms with Crippen molar-refractivity contribution in [2.75, 3.05) is 12.4 Å². The smallest absolute Gasteiger partial charge is 0.294 e. The molecule has 1 rings (SSSR count). The fraction of sp³-hybridized carbons (Fsp3) is 0.300. The summed E-state index contributed by atoms with van der Waals surface area (Å²) in [6.45, 7) is 1.48. The zero-order chi connectivity index (χ0) is 13.9. The van der Waals surface area contributed by atoms with Crippen molar-refractivity contribution in [3.05, 3.63) is 18.2 Å². The van der Waals surface area contributed by atoms with Gasteiger partial charge in [-0.25, -0.2) is 0 Å². The maximum atomic E-state index is 11.4. The maximum Gasteiger partial charge on any atom is 0.294 e. The second-order valence-corrected chi connectivity index (χ2v) is 5.04. The molecular formula is C10H14N2O5S. The van der Waals surface area contributed by atoms with E-state index in [-0.39, 0.29) is 16.3 Å². The highest BCUT2D eigenvalue weighted by atomic mass is 32.2. The lowest BCUT2D eigenvalue weighted by Gasteiger charge is -2.12. The molecule has 0 saturated carbocycles. The molecule has 7 nitrogen and oxygen atoms in total. The lowest BCUT2D eigenvalue weighted by atomic mass is 10.2. The number of carbonyl (C=O) groups excluding carboxylic acids is 1. The minimum absolute atomic E-state index is 0.120. The Bertz CT molecular complexity index is 553. The zero-order valence-electron chi connectivity index (χ0n) is 9.88. The largest absolute Gasteiger partial charge is 0.495 e. The van der Waals surface area contributed by atoms with Crippen LogP contribution in [0.15, 0.2) is 23.1 Å². The monoisotopic (exact) mass is 274 g/mol. The van der Waals surface area contributed by atoms with Crippen LogP contribution in [0.25, 0.3) is 0 Å². The highest BCUT2D eigenvalue weighted by Gasteiger charge is 2.16. The molecule has 0 heterocycles. The summed E-state index contributed by atoms with van der Waals surface area (Å²) < 4.78 is 35.8. The zero-order valence-corrected chi connectivity index (χ0v) is 10.7. The molecule has 1 aromatic rings. The van der Waals surface area contributed by atoms with Gasteiger partial charge in [-0.05, 0) is 25.1 Å². The maximum absolute atomic E-state index is 11.4. The molecule has 8 heteroatoms. The minimum atomic E-state index is -4.34. The van der Waals surface area contributed by atoms with Crippen LogP contribution < -0.4 is 15.8 Å². The second-order valence-electron chi connectivity index (χ2n) is 3.62. The predicted octanol–water partition coefficient (Wildman–Crippen LogP) is 0.228. The van der Waals surface area contributed by atoms with E-state index in [1.165, 1.54) is 20.1 Å². The SMILES string of the molecule is COc1ccc(S(=O)(=O)O)cc1NC(=O)[C@@H](C)N. The van der Waals surface area contributed by atoms with E-state index in [2.05, 4.69) is 5.32 Å². The average molecular weight is 274 g/mol. The number of benzene rings is 1. The number of methoxy groups -OCH3 is 1. The second kappa shape index (κ2) is 5.34. The molecule has 0 saturated heterocycles. The topological polar surface area (TPSA) is 119 Å². The molecule has 0 aliphatic rings. The fourth-order valence-electron chi connectivity index (χ4n) is 1.19. The molecule has 18 heavy (non-hydrogen) atoms. The third-order valence-electron chi connectivity index (χ3n) is 2.14. The van der Waals surface area contributed by atoms with E-state index in [9.17, 15) is 13.2 Å². The third kappa shape index (κ3) is 3.42. The number of nitrogens with one attached hydrogen (secondary N) is 1. The van der Waals surface area contributed by atoms with Crippen molar-refractivity contribution in [3.63, 3.8) is 0 Å². The Morgan fingerprint density at radius 2 is 2.11 bits per heavy atom. The molecule has 0 aromatic heterocycles. The standard InChI is InChI=1S/C10H14N2O5S/c1-6(11)10(13)12-8-5-7(18(14,15)16)3-4-9(8)17-2/h3-6H,11H2,1-2H3,(H,12,13)(H,14,15,16)/t6-/m1/s1. The Kier molecular flexibility index (Phi) is 4.28. The van der Waals surface area contributed by atoms with Gasteiger partial charge in [-0.15, -0.1) is 0 Å². The summed E-state index contributed by atoms with van der Waals surface area (Å²) in [6.07, 6.45) is 0. The number of amides is 1. The normalized spacial score (nSPS) is 12.9. The molecule has 100 valence electrons. The van der Waals surface area contributed by atoms with Crippen molar-refractivity contribution in [1.29, 1.82) is 0 Å². The molecule has 1 aromatic carbocycles. The predicted molar refractivity (Wildman–Crippen MR) is 65.1 cm³/mol. The van der Waals surface area contributed by atoms with Gasteiger partial charge in [0.15, 0.2) is 0 Å². The summed E-state index contributed by atoms with van der Waals surface area (Å²) >= 11 is 0. The first kappa shape index (κ1) is 14.4. The first-order valence-corrected chi connectivity index (χ1v) is 6.41. The molecule has 0 unspecified atom stereocenters. The molecule has 4 N–H and O–H groups in total. The first-order valence-electron chi connectivity index (χ1n) is 4.97. The van der Waals surface area contributed by atoms with Crippen LogP contribution in [-0.4, -0.2) is 32.0 Å². The highest BCUT2D eigenvalue weighted by Crippen LogP contribution is 2.27. The van der Waals surface area contributed by atoms with Crippen molar-refractivity contribution in [2.24, 2.45) is 5.73 Å². The van der Waals surface area contributed by atoms with Gasteiger partial charge < -0.3 is 15.8 Å². The summed E-state index contributed by atoms with van der Waals surface area (Å²) in [5, 5.41) is 2.41. The van der Waals surface area contributed by atoms with Crippen molar-refractivity contribution >= 4 is 21.7 Å². The van der Waals surface area contributed by atoms with Gasteiger partial charge in [0.25, 0.3) is 10.1 Å². The van der Waals surface area contributed by atoms with Gasteiger partial charge in [-0.2, -0.15) is 8.42 Å². The number of nitrogens with two attached hydrogens (primary N) is 1. The Balaban J connectivity index is 3.19. The van der Waals surface area contributed by atoms with Crippen LogP contribution >= 0.6 is 0 Å². The van der Waals surface area contributed by atoms with Gasteiger partial charge in [-0.3, -0.25) is 9.35 Å². The molecule has 0 aliphatic heterocycles. The van der Waals surface area contributed by atoms with Crippen molar-refractivity contribution in [3.8, 4) is 5.75 Å². The number of hydrogen-bond donors (Lipinski definition) is 3. The third-order valence-corrected chi connectivity index (χ3v) is 2.99. The summed E-state index contributed by atoms with van der Waals surface area (Å²) in [5.41, 5.74) is 5.50. The molecular weight excluding hydrogens is 260 g/mol. The number of ether oxygens (including phenoxy) is 1. The quantitative estimate of drug-likeness (QED) is 0.676. The van der Waals surface area contributed by atoms with E-state index in [1.54, 1.807) is 0 Å². The molecule has 0 bridgehead atoms. The molecule has 0 aliphatic carbocycles. The average Bonchev–Trinajstić information content (AvgIpc) is 2.27. The Morgan fingerprint density at radius 3 is 2.56 bits per heavy atom. The summed E-state index contributed by atoms with van der Waals surface area (Å²) in [7, 11) is -2.98. The van der Waals surface area contributed by atoms with E-state index in [1.807, 2.05) is 0 Å². The minimum Gasteiger partial charge on any atom is -0.495 e. The summed E-state index contributed by atoms with van der Waals surface area (Å²) in [6, 6.07) is 2.81. The number of carbonyl (C=O) groups is 1.